The smallest absolute Gasteiger partial charge is 0.343 e. The van der Waals surface area contributed by atoms with E-state index in [0.717, 1.165) is 12.8 Å². The predicted molar refractivity (Wildman–Crippen MR) is 40.5 cm³/mol. The maximum absolute atomic E-state index is 3.60. The van der Waals surface area contributed by atoms with Crippen LogP contribution in [0.15, 0.2) is 0 Å². The molecular formula is C8H18Cu-. The van der Waals surface area contributed by atoms with Gasteiger partial charge in [-0.2, -0.15) is 12.8 Å². The minimum Gasteiger partial charge on any atom is -0.343 e. The number of unbranched alkanes of at least 4 members (excludes halogenated alkanes) is 2. The Balaban J connectivity index is -0.0000000720. The molecule has 0 aliphatic carbocycles. The zero-order valence-electron chi connectivity index (χ0n) is 6.54. The van der Waals surface area contributed by atoms with Crippen LogP contribution in [0.4, 0.5) is 0 Å². The molecule has 1 heteroatoms. The molecule has 0 aliphatic heterocycles. The van der Waals surface area contributed by atoms with Gasteiger partial charge in [0.1, 0.15) is 0 Å². The minimum atomic E-state index is 0. The standard InChI is InChI=1S/2C4H9.Cu/c2*1-3-4-2;/h2*1,3-4H2,2H3;/q2*-1;+1. The molecule has 0 aromatic rings. The second-order valence-electron chi connectivity index (χ2n) is 1.71. The van der Waals surface area contributed by atoms with E-state index in [0.29, 0.717) is 0 Å². The van der Waals surface area contributed by atoms with Gasteiger partial charge in [-0.15, -0.1) is 0 Å². The molecule has 0 saturated heterocycles. The van der Waals surface area contributed by atoms with Crippen LogP contribution in [0.25, 0.3) is 0 Å². The van der Waals surface area contributed by atoms with E-state index in [1.54, 1.807) is 0 Å². The topological polar surface area (TPSA) is 0 Å². The molecule has 0 nitrogen and oxygen atoms in total. The summed E-state index contributed by atoms with van der Waals surface area (Å²) in [5.41, 5.74) is 0. The fraction of sp³-hybridized carbons (Fsp3) is 0.750. The van der Waals surface area contributed by atoms with Crippen LogP contribution < -0.4 is 0 Å². The van der Waals surface area contributed by atoms with Crippen molar-refractivity contribution in [2.24, 2.45) is 0 Å². The van der Waals surface area contributed by atoms with E-state index in [2.05, 4.69) is 27.7 Å². The van der Waals surface area contributed by atoms with Gasteiger partial charge in [0.2, 0.25) is 0 Å². The summed E-state index contributed by atoms with van der Waals surface area (Å²) in [5, 5.41) is 0. The van der Waals surface area contributed by atoms with E-state index in [1.807, 2.05) is 0 Å². The molecule has 9 heavy (non-hydrogen) atoms. The first-order valence-electron chi connectivity index (χ1n) is 3.41. The van der Waals surface area contributed by atoms with Crippen molar-refractivity contribution < 1.29 is 17.1 Å². The SMILES string of the molecule is [CH2-]CCC.[CH2-]CCC.[Cu+]. The first-order chi connectivity index (χ1) is 3.83. The van der Waals surface area contributed by atoms with Crippen LogP contribution in [-0.4, -0.2) is 0 Å². The second-order valence-corrected chi connectivity index (χ2v) is 1.71. The third-order valence-corrected chi connectivity index (χ3v) is 0.707. The molecule has 0 unspecified atom stereocenters. The summed E-state index contributed by atoms with van der Waals surface area (Å²) in [6.45, 7) is 11.4. The van der Waals surface area contributed by atoms with Crippen LogP contribution in [0.3, 0.4) is 0 Å². The summed E-state index contributed by atoms with van der Waals surface area (Å²) in [4.78, 5) is 0. The van der Waals surface area contributed by atoms with E-state index in [-0.39, 0.29) is 17.1 Å². The Morgan fingerprint density at radius 3 is 1.00 bits per heavy atom. The van der Waals surface area contributed by atoms with Crippen molar-refractivity contribution in [1.82, 2.24) is 0 Å². The van der Waals surface area contributed by atoms with Gasteiger partial charge >= 0.3 is 17.1 Å². The molecule has 0 fully saturated rings. The maximum atomic E-state index is 3.60. The molecule has 0 N–H and O–H groups in total. The van der Waals surface area contributed by atoms with Gasteiger partial charge in [-0.25, -0.2) is 0 Å². The zero-order chi connectivity index (χ0) is 6.83. The molecule has 0 aromatic heterocycles. The van der Waals surface area contributed by atoms with Crippen molar-refractivity contribution in [3.63, 3.8) is 0 Å². The largest absolute Gasteiger partial charge is 1.00 e. The molecule has 0 atom stereocenters. The monoisotopic (exact) mass is 177 g/mol. The van der Waals surface area contributed by atoms with Gasteiger partial charge in [0, 0.05) is 0 Å². The van der Waals surface area contributed by atoms with Crippen LogP contribution >= 0.6 is 0 Å². The molecule has 0 aliphatic rings. The Labute approximate surface area is 70.9 Å². The quantitative estimate of drug-likeness (QED) is 0.449. The number of hydrogen-bond donors (Lipinski definition) is 0. The predicted octanol–water partition coefficient (Wildman–Crippen LogP) is 3.24. The van der Waals surface area contributed by atoms with Crippen molar-refractivity contribution in [2.75, 3.05) is 0 Å². The molecule has 0 heterocycles. The van der Waals surface area contributed by atoms with Crippen molar-refractivity contribution in [1.29, 1.82) is 0 Å². The van der Waals surface area contributed by atoms with Crippen LogP contribution in [-0.2, 0) is 17.1 Å². The Bertz CT molecular complexity index is 12.5. The normalized spacial score (nSPS) is 6.67. The average molecular weight is 178 g/mol. The third kappa shape index (κ3) is 57.0. The molecule has 0 spiro atoms. The molecule has 0 aromatic carbocycles. The van der Waals surface area contributed by atoms with Crippen molar-refractivity contribution >= 4 is 0 Å². The molecular weight excluding hydrogens is 160 g/mol. The average Bonchev–Trinajstić information content (AvgIpc) is 1.88. The van der Waals surface area contributed by atoms with E-state index in [9.17, 15) is 0 Å². The Kier molecular flexibility index (Phi) is 42.6. The molecule has 62 valence electrons. The maximum Gasteiger partial charge on any atom is 1.00 e. The molecule has 0 rings (SSSR count). The summed E-state index contributed by atoms with van der Waals surface area (Å²) >= 11 is 0. The van der Waals surface area contributed by atoms with Gasteiger partial charge < -0.3 is 13.8 Å². The summed E-state index contributed by atoms with van der Waals surface area (Å²) in [6, 6.07) is 0. The molecule has 0 bridgehead atoms. The van der Waals surface area contributed by atoms with Gasteiger partial charge in [-0.1, -0.05) is 26.7 Å². The first-order valence-corrected chi connectivity index (χ1v) is 3.41. The molecule has 0 amide bonds. The molecule has 0 saturated carbocycles. The van der Waals surface area contributed by atoms with Crippen LogP contribution in [0.5, 0.6) is 0 Å². The third-order valence-electron chi connectivity index (χ3n) is 0.707. The van der Waals surface area contributed by atoms with Gasteiger partial charge in [-0.05, 0) is 0 Å². The van der Waals surface area contributed by atoms with E-state index in [1.165, 1.54) is 12.8 Å². The van der Waals surface area contributed by atoms with Gasteiger partial charge in [0.15, 0.2) is 0 Å². The Hall–Kier alpha value is 0.519. The van der Waals surface area contributed by atoms with Gasteiger partial charge in [-0.3, -0.25) is 0 Å². The summed E-state index contributed by atoms with van der Waals surface area (Å²) in [6.07, 6.45) is 4.56. The Morgan fingerprint density at radius 2 is 1.00 bits per heavy atom. The van der Waals surface area contributed by atoms with Crippen LogP contribution in [0, 0.1) is 13.8 Å². The fourth-order valence-electron chi connectivity index (χ4n) is 0. The van der Waals surface area contributed by atoms with Crippen LogP contribution in [0.2, 0.25) is 0 Å². The zero-order valence-corrected chi connectivity index (χ0v) is 7.49. The summed E-state index contributed by atoms with van der Waals surface area (Å²) in [5.74, 6) is 0. The first kappa shape index (κ1) is 16.3. The fourth-order valence-corrected chi connectivity index (χ4v) is 0. The second kappa shape index (κ2) is 23.6. The minimum absolute atomic E-state index is 0. The number of rotatable bonds is 2. The van der Waals surface area contributed by atoms with Gasteiger partial charge in [0.05, 0.1) is 0 Å². The summed E-state index contributed by atoms with van der Waals surface area (Å²) < 4.78 is 0. The molecule has 0 radical (unpaired) electrons. The van der Waals surface area contributed by atoms with Gasteiger partial charge in [0.25, 0.3) is 0 Å². The van der Waals surface area contributed by atoms with E-state index < -0.39 is 0 Å². The van der Waals surface area contributed by atoms with Crippen molar-refractivity contribution in [2.45, 2.75) is 39.5 Å². The van der Waals surface area contributed by atoms with Crippen LogP contribution in [0.1, 0.15) is 39.5 Å². The number of hydrogen-bond acceptors (Lipinski definition) is 0. The van der Waals surface area contributed by atoms with Crippen molar-refractivity contribution in [3.8, 4) is 0 Å². The van der Waals surface area contributed by atoms with Crippen molar-refractivity contribution in [3.05, 3.63) is 13.8 Å². The summed E-state index contributed by atoms with van der Waals surface area (Å²) in [7, 11) is 0. The van der Waals surface area contributed by atoms with E-state index in [4.69, 9.17) is 0 Å². The van der Waals surface area contributed by atoms with E-state index >= 15 is 0 Å². The Morgan fingerprint density at radius 1 is 0.889 bits per heavy atom.